The molecule has 0 saturated heterocycles. The zero-order valence-corrected chi connectivity index (χ0v) is 12.7. The van der Waals surface area contributed by atoms with Crippen LogP contribution in [0.25, 0.3) is 10.8 Å². The van der Waals surface area contributed by atoms with Crippen LogP contribution in [0.1, 0.15) is 40.0 Å². The summed E-state index contributed by atoms with van der Waals surface area (Å²) in [5.41, 5.74) is 1.70. The third-order valence-corrected chi connectivity index (χ3v) is 4.43. The van der Waals surface area contributed by atoms with Crippen LogP contribution in [0.2, 0.25) is 0 Å². The summed E-state index contributed by atoms with van der Waals surface area (Å²) in [5.74, 6) is 0.799. The van der Waals surface area contributed by atoms with Gasteiger partial charge in [0.25, 0.3) is 0 Å². The highest BCUT2D eigenvalue weighted by molar-refractivity contribution is 5.93. The molecular weight excluding hydrogens is 244 g/mol. The lowest BCUT2D eigenvalue weighted by atomic mass is 9.70. The quantitative estimate of drug-likeness (QED) is 0.841. The molecule has 0 radical (unpaired) electrons. The Morgan fingerprint density at radius 1 is 1.20 bits per heavy atom. The number of nitrogens with zero attached hydrogens (tertiary/aromatic N) is 1. The van der Waals surface area contributed by atoms with Crippen molar-refractivity contribution in [2.24, 2.45) is 11.3 Å². The third kappa shape index (κ3) is 2.79. The lowest BCUT2D eigenvalue weighted by molar-refractivity contribution is 0.178. The van der Waals surface area contributed by atoms with Gasteiger partial charge in [-0.1, -0.05) is 32.9 Å². The van der Waals surface area contributed by atoms with Crippen LogP contribution >= 0.6 is 0 Å². The minimum Gasteiger partial charge on any atom is -0.382 e. The zero-order valence-electron chi connectivity index (χ0n) is 12.7. The van der Waals surface area contributed by atoms with E-state index in [9.17, 15) is 0 Å². The molecule has 2 heteroatoms. The monoisotopic (exact) mass is 268 g/mol. The second-order valence-electron chi connectivity index (χ2n) is 7.16. The molecule has 1 aromatic heterocycles. The Labute approximate surface area is 121 Å². The van der Waals surface area contributed by atoms with Crippen molar-refractivity contribution in [1.82, 2.24) is 4.98 Å². The minimum absolute atomic E-state index is 0.446. The SMILES string of the molecule is CC1CC(Nc2cccc3cnccc23)CC(C)(C)C1. The number of aromatic nitrogens is 1. The van der Waals surface area contributed by atoms with Gasteiger partial charge >= 0.3 is 0 Å². The van der Waals surface area contributed by atoms with E-state index in [0.29, 0.717) is 11.5 Å². The summed E-state index contributed by atoms with van der Waals surface area (Å²) in [4.78, 5) is 4.21. The highest BCUT2D eigenvalue weighted by atomic mass is 14.9. The molecule has 2 aromatic rings. The van der Waals surface area contributed by atoms with E-state index in [0.717, 1.165) is 5.92 Å². The van der Waals surface area contributed by atoms with E-state index in [1.54, 1.807) is 0 Å². The van der Waals surface area contributed by atoms with Gasteiger partial charge in [0.2, 0.25) is 0 Å². The Hall–Kier alpha value is -1.57. The summed E-state index contributed by atoms with van der Waals surface area (Å²) in [6.07, 6.45) is 7.67. The summed E-state index contributed by atoms with van der Waals surface area (Å²) >= 11 is 0. The first-order valence-corrected chi connectivity index (χ1v) is 7.63. The summed E-state index contributed by atoms with van der Waals surface area (Å²) in [5, 5.41) is 6.27. The first kappa shape index (κ1) is 13.4. The molecule has 2 nitrogen and oxygen atoms in total. The molecular formula is C18H24N2. The Morgan fingerprint density at radius 3 is 2.85 bits per heavy atom. The van der Waals surface area contributed by atoms with E-state index in [-0.39, 0.29) is 0 Å². The Bertz CT molecular complexity index is 598. The van der Waals surface area contributed by atoms with Crippen LogP contribution in [-0.2, 0) is 0 Å². The van der Waals surface area contributed by atoms with Crippen molar-refractivity contribution in [3.8, 4) is 0 Å². The molecule has 1 heterocycles. The summed E-state index contributed by atoms with van der Waals surface area (Å²) < 4.78 is 0. The molecule has 2 atom stereocenters. The lowest BCUT2D eigenvalue weighted by Gasteiger charge is -2.39. The third-order valence-electron chi connectivity index (χ3n) is 4.43. The fourth-order valence-corrected chi connectivity index (χ4v) is 3.92. The average molecular weight is 268 g/mol. The van der Waals surface area contributed by atoms with Crippen molar-refractivity contribution in [2.75, 3.05) is 5.32 Å². The highest BCUT2D eigenvalue weighted by Gasteiger charge is 2.31. The van der Waals surface area contributed by atoms with E-state index in [4.69, 9.17) is 0 Å². The zero-order chi connectivity index (χ0) is 14.2. The van der Waals surface area contributed by atoms with Gasteiger partial charge in [0.1, 0.15) is 0 Å². The molecule has 106 valence electrons. The Kier molecular flexibility index (Phi) is 3.41. The molecule has 20 heavy (non-hydrogen) atoms. The van der Waals surface area contributed by atoms with Gasteiger partial charge in [0.05, 0.1) is 0 Å². The summed E-state index contributed by atoms with van der Waals surface area (Å²) in [6.45, 7) is 7.16. The van der Waals surface area contributed by atoms with E-state index in [1.807, 2.05) is 12.4 Å². The maximum Gasteiger partial charge on any atom is 0.0423 e. The number of fused-ring (bicyclic) bond motifs is 1. The Balaban J connectivity index is 1.86. The molecule has 1 N–H and O–H groups in total. The normalized spacial score (nSPS) is 25.6. The minimum atomic E-state index is 0.446. The van der Waals surface area contributed by atoms with Crippen LogP contribution < -0.4 is 5.32 Å². The van der Waals surface area contributed by atoms with Crippen LogP contribution in [0, 0.1) is 11.3 Å². The van der Waals surface area contributed by atoms with Crippen molar-refractivity contribution >= 4 is 16.5 Å². The van der Waals surface area contributed by atoms with Gasteiger partial charge in [-0.3, -0.25) is 4.98 Å². The number of hydrogen-bond donors (Lipinski definition) is 1. The second-order valence-corrected chi connectivity index (χ2v) is 7.16. The van der Waals surface area contributed by atoms with Gasteiger partial charge in [0, 0.05) is 34.9 Å². The van der Waals surface area contributed by atoms with Crippen molar-refractivity contribution in [2.45, 2.75) is 46.1 Å². The molecule has 1 aliphatic carbocycles. The maximum absolute atomic E-state index is 4.21. The summed E-state index contributed by atoms with van der Waals surface area (Å²) in [7, 11) is 0. The molecule has 2 unspecified atom stereocenters. The fourth-order valence-electron chi connectivity index (χ4n) is 3.92. The van der Waals surface area contributed by atoms with E-state index in [1.165, 1.54) is 35.7 Å². The first-order valence-electron chi connectivity index (χ1n) is 7.63. The van der Waals surface area contributed by atoms with Gasteiger partial charge in [0.15, 0.2) is 0 Å². The topological polar surface area (TPSA) is 24.9 Å². The molecule has 0 bridgehead atoms. The number of rotatable bonds is 2. The van der Waals surface area contributed by atoms with E-state index >= 15 is 0 Å². The number of nitrogens with one attached hydrogen (secondary N) is 1. The van der Waals surface area contributed by atoms with Gasteiger partial charge in [-0.25, -0.2) is 0 Å². The number of hydrogen-bond acceptors (Lipinski definition) is 2. The Morgan fingerprint density at radius 2 is 2.05 bits per heavy atom. The van der Waals surface area contributed by atoms with Crippen molar-refractivity contribution in [3.63, 3.8) is 0 Å². The van der Waals surface area contributed by atoms with Crippen LogP contribution in [0.4, 0.5) is 5.69 Å². The van der Waals surface area contributed by atoms with Crippen LogP contribution in [0.15, 0.2) is 36.7 Å². The largest absolute Gasteiger partial charge is 0.382 e. The number of anilines is 1. The maximum atomic E-state index is 4.21. The molecule has 0 amide bonds. The number of benzene rings is 1. The van der Waals surface area contributed by atoms with Crippen LogP contribution in [0.5, 0.6) is 0 Å². The predicted octanol–water partition coefficient (Wildman–Crippen LogP) is 4.86. The van der Waals surface area contributed by atoms with E-state index < -0.39 is 0 Å². The molecule has 0 aliphatic heterocycles. The molecule has 1 saturated carbocycles. The average Bonchev–Trinajstić information content (AvgIpc) is 2.37. The van der Waals surface area contributed by atoms with Crippen LogP contribution in [-0.4, -0.2) is 11.0 Å². The molecule has 0 spiro atoms. The van der Waals surface area contributed by atoms with Gasteiger partial charge in [-0.15, -0.1) is 0 Å². The lowest BCUT2D eigenvalue weighted by Crippen LogP contribution is -2.35. The first-order chi connectivity index (χ1) is 9.53. The van der Waals surface area contributed by atoms with Crippen molar-refractivity contribution in [3.05, 3.63) is 36.7 Å². The smallest absolute Gasteiger partial charge is 0.0423 e. The highest BCUT2D eigenvalue weighted by Crippen LogP contribution is 2.40. The van der Waals surface area contributed by atoms with Gasteiger partial charge < -0.3 is 5.32 Å². The molecule has 3 rings (SSSR count). The van der Waals surface area contributed by atoms with Gasteiger partial charge in [-0.2, -0.15) is 0 Å². The fraction of sp³-hybridized carbons (Fsp3) is 0.500. The number of pyridine rings is 1. The van der Waals surface area contributed by atoms with Crippen molar-refractivity contribution < 1.29 is 0 Å². The van der Waals surface area contributed by atoms with E-state index in [2.05, 4.69) is 55.3 Å². The van der Waals surface area contributed by atoms with Gasteiger partial charge in [-0.05, 0) is 42.7 Å². The molecule has 1 aromatic carbocycles. The molecule has 1 aliphatic rings. The standard InChI is InChI=1S/C18H24N2/c1-13-9-15(11-18(2,3)10-13)20-17-6-4-5-14-12-19-8-7-16(14)17/h4-8,12-13,15,20H,9-11H2,1-3H3. The van der Waals surface area contributed by atoms with Crippen molar-refractivity contribution in [1.29, 1.82) is 0 Å². The summed E-state index contributed by atoms with van der Waals surface area (Å²) in [6, 6.07) is 9.11. The predicted molar refractivity (Wildman–Crippen MR) is 85.9 cm³/mol. The second kappa shape index (κ2) is 5.08. The molecule has 1 fully saturated rings. The van der Waals surface area contributed by atoms with Crippen LogP contribution in [0.3, 0.4) is 0 Å².